The molecule has 2 fully saturated rings. The molecule has 1 spiro atoms. The molecule has 0 aromatic heterocycles. The zero-order valence-electron chi connectivity index (χ0n) is 15.4. The van der Waals surface area contributed by atoms with Crippen molar-refractivity contribution < 1.29 is 19.2 Å². The molecule has 8 heteroatoms. The minimum Gasteiger partial charge on any atom is -0.370 e. The molecule has 0 saturated carbocycles. The van der Waals surface area contributed by atoms with Crippen LogP contribution in [0.15, 0.2) is 24.3 Å². The summed E-state index contributed by atoms with van der Waals surface area (Å²) in [6, 6.07) is 6.40. The second-order valence-corrected chi connectivity index (χ2v) is 8.42. The van der Waals surface area contributed by atoms with E-state index in [0.717, 1.165) is 0 Å². The summed E-state index contributed by atoms with van der Waals surface area (Å²) in [5.74, 6) is -3.49. The lowest BCUT2D eigenvalue weighted by Gasteiger charge is -2.34. The first-order valence-corrected chi connectivity index (χ1v) is 8.94. The van der Waals surface area contributed by atoms with Crippen LogP contribution in [-0.2, 0) is 24.7 Å². The van der Waals surface area contributed by atoms with Crippen LogP contribution in [-0.4, -0.2) is 40.1 Å². The van der Waals surface area contributed by atoms with Gasteiger partial charge >= 0.3 is 0 Å². The highest BCUT2D eigenvalue weighted by molar-refractivity contribution is 6.15. The molecular formula is C19H22N4O4. The monoisotopic (exact) mass is 370 g/mol. The first-order chi connectivity index (χ1) is 12.6. The van der Waals surface area contributed by atoms with Gasteiger partial charge in [0.05, 0.1) is 11.8 Å². The minimum absolute atomic E-state index is 0.130. The third-order valence-electron chi connectivity index (χ3n) is 5.71. The number of primary amides is 1. The number of hydrogen-bond acceptors (Lipinski definition) is 5. The molecule has 4 N–H and O–H groups in total. The molecule has 3 heterocycles. The minimum atomic E-state index is -1.38. The van der Waals surface area contributed by atoms with Gasteiger partial charge in [-0.25, -0.2) is 0 Å². The van der Waals surface area contributed by atoms with Gasteiger partial charge in [0, 0.05) is 29.3 Å². The molecule has 142 valence electrons. The third-order valence-corrected chi connectivity index (χ3v) is 5.71. The fourth-order valence-electron chi connectivity index (χ4n) is 4.81. The molecule has 1 aromatic rings. The predicted molar refractivity (Wildman–Crippen MR) is 96.1 cm³/mol. The van der Waals surface area contributed by atoms with Crippen molar-refractivity contribution in [2.75, 3.05) is 5.32 Å². The fraction of sp³-hybridized carbons (Fsp3) is 0.474. The highest BCUT2D eigenvalue weighted by Gasteiger charge is 2.71. The van der Waals surface area contributed by atoms with Gasteiger partial charge in [-0.1, -0.05) is 18.2 Å². The van der Waals surface area contributed by atoms with Gasteiger partial charge in [0.25, 0.3) is 0 Å². The van der Waals surface area contributed by atoms with E-state index in [1.54, 1.807) is 45.0 Å². The molecule has 27 heavy (non-hydrogen) atoms. The Labute approximate surface area is 156 Å². The summed E-state index contributed by atoms with van der Waals surface area (Å²) in [6.07, 6.45) is -0.130. The van der Waals surface area contributed by atoms with Crippen molar-refractivity contribution in [3.63, 3.8) is 0 Å². The molecule has 4 atom stereocenters. The number of benzene rings is 1. The molecular weight excluding hydrogens is 348 g/mol. The Kier molecular flexibility index (Phi) is 3.52. The summed E-state index contributed by atoms with van der Waals surface area (Å²) in [5, 5.41) is 5.96. The van der Waals surface area contributed by atoms with Gasteiger partial charge in [0.15, 0.2) is 0 Å². The van der Waals surface area contributed by atoms with Crippen molar-refractivity contribution in [2.24, 2.45) is 17.6 Å². The summed E-state index contributed by atoms with van der Waals surface area (Å²) in [5.41, 5.74) is 4.49. The number of hydrogen-bond donors (Lipinski definition) is 3. The van der Waals surface area contributed by atoms with Crippen molar-refractivity contribution >= 4 is 29.3 Å². The van der Waals surface area contributed by atoms with E-state index in [0.29, 0.717) is 11.3 Å². The number of likely N-dealkylation sites (tertiary alicyclic amines) is 1. The van der Waals surface area contributed by atoms with Gasteiger partial charge in [-0.2, -0.15) is 0 Å². The molecule has 1 aromatic carbocycles. The quantitative estimate of drug-likeness (QED) is 0.637. The Bertz CT molecular complexity index is 890. The van der Waals surface area contributed by atoms with Crippen LogP contribution in [0.4, 0.5) is 5.69 Å². The van der Waals surface area contributed by atoms with Crippen molar-refractivity contribution in [3.8, 4) is 0 Å². The summed E-state index contributed by atoms with van der Waals surface area (Å²) >= 11 is 0. The topological polar surface area (TPSA) is 122 Å². The molecule has 2 unspecified atom stereocenters. The number of amides is 4. The fourth-order valence-corrected chi connectivity index (χ4v) is 4.81. The number of nitrogens with two attached hydrogens (primary N) is 1. The SMILES string of the molecule is CC(C)(C)N1C(=O)[C@@H]2C(CC(N)=O)NC3(C(=O)Nc4ccccc43)[C@@H]2C1=O. The molecule has 3 aliphatic heterocycles. The Morgan fingerprint density at radius 1 is 1.19 bits per heavy atom. The van der Waals surface area contributed by atoms with Crippen LogP contribution < -0.4 is 16.4 Å². The number of nitrogens with one attached hydrogen (secondary N) is 2. The number of para-hydroxylation sites is 1. The number of carbonyl (C=O) groups excluding carboxylic acids is 4. The van der Waals surface area contributed by atoms with E-state index in [1.807, 2.05) is 0 Å². The van der Waals surface area contributed by atoms with Crippen LogP contribution in [0.2, 0.25) is 0 Å². The van der Waals surface area contributed by atoms with Crippen LogP contribution in [0.3, 0.4) is 0 Å². The zero-order valence-corrected chi connectivity index (χ0v) is 15.4. The van der Waals surface area contributed by atoms with Crippen molar-refractivity contribution in [2.45, 2.75) is 44.3 Å². The number of fused-ring (bicyclic) bond motifs is 4. The Hall–Kier alpha value is -2.74. The van der Waals surface area contributed by atoms with Gasteiger partial charge in [0.2, 0.25) is 23.6 Å². The molecule has 0 aliphatic carbocycles. The average molecular weight is 370 g/mol. The van der Waals surface area contributed by atoms with Gasteiger partial charge in [-0.3, -0.25) is 29.4 Å². The number of nitrogens with zero attached hydrogens (tertiary/aromatic N) is 1. The van der Waals surface area contributed by atoms with E-state index < -0.39 is 40.8 Å². The lowest BCUT2D eigenvalue weighted by atomic mass is 9.76. The highest BCUT2D eigenvalue weighted by Crippen LogP contribution is 2.54. The highest BCUT2D eigenvalue weighted by atomic mass is 16.2. The first-order valence-electron chi connectivity index (χ1n) is 8.94. The average Bonchev–Trinajstić information content (AvgIpc) is 3.12. The van der Waals surface area contributed by atoms with E-state index in [4.69, 9.17) is 5.73 Å². The number of rotatable bonds is 2. The van der Waals surface area contributed by atoms with Crippen LogP contribution in [0.25, 0.3) is 0 Å². The van der Waals surface area contributed by atoms with Crippen LogP contribution in [0, 0.1) is 11.8 Å². The summed E-state index contributed by atoms with van der Waals surface area (Å²) in [4.78, 5) is 52.4. The lowest BCUT2D eigenvalue weighted by Crippen LogP contribution is -2.56. The zero-order chi connectivity index (χ0) is 19.7. The third kappa shape index (κ3) is 2.19. The van der Waals surface area contributed by atoms with Crippen molar-refractivity contribution in [1.29, 1.82) is 0 Å². The molecule has 4 rings (SSSR count). The van der Waals surface area contributed by atoms with Gasteiger partial charge in [0.1, 0.15) is 5.54 Å². The van der Waals surface area contributed by atoms with E-state index in [2.05, 4.69) is 10.6 Å². The molecule has 8 nitrogen and oxygen atoms in total. The van der Waals surface area contributed by atoms with Crippen molar-refractivity contribution in [3.05, 3.63) is 29.8 Å². The predicted octanol–water partition coefficient (Wildman–Crippen LogP) is 0.0809. The van der Waals surface area contributed by atoms with E-state index >= 15 is 0 Å². The van der Waals surface area contributed by atoms with Crippen molar-refractivity contribution in [1.82, 2.24) is 10.2 Å². The normalized spacial score (nSPS) is 32.0. The lowest BCUT2D eigenvalue weighted by molar-refractivity contribution is -0.147. The van der Waals surface area contributed by atoms with E-state index in [9.17, 15) is 19.2 Å². The largest absolute Gasteiger partial charge is 0.370 e. The van der Waals surface area contributed by atoms with Gasteiger partial charge in [-0.05, 0) is 26.8 Å². The molecule has 3 aliphatic rings. The molecule has 2 saturated heterocycles. The van der Waals surface area contributed by atoms with Crippen LogP contribution in [0.5, 0.6) is 0 Å². The van der Waals surface area contributed by atoms with Gasteiger partial charge in [-0.15, -0.1) is 0 Å². The second kappa shape index (κ2) is 5.39. The number of anilines is 1. The maximum Gasteiger partial charge on any atom is 0.250 e. The summed E-state index contributed by atoms with van der Waals surface area (Å²) in [6.45, 7) is 5.32. The Morgan fingerprint density at radius 3 is 2.48 bits per heavy atom. The smallest absolute Gasteiger partial charge is 0.250 e. The van der Waals surface area contributed by atoms with E-state index in [1.165, 1.54) is 4.90 Å². The van der Waals surface area contributed by atoms with Crippen LogP contribution >= 0.6 is 0 Å². The Morgan fingerprint density at radius 2 is 1.85 bits per heavy atom. The maximum atomic E-state index is 13.4. The van der Waals surface area contributed by atoms with Gasteiger partial charge < -0.3 is 11.1 Å². The Balaban J connectivity index is 1.91. The standard InChI is InChI=1S/C19H22N4O4/c1-18(2,3)23-15(25)13-11(8-12(20)24)22-19(14(13)16(23)26)9-6-4-5-7-10(9)21-17(19)27/h4-7,11,13-14,22H,8H2,1-3H3,(H2,20,24)(H,21,27)/t11?,13-,14+,19?/m1/s1. The maximum absolute atomic E-state index is 13.4. The summed E-state index contributed by atoms with van der Waals surface area (Å²) in [7, 11) is 0. The first kappa shape index (κ1) is 17.7. The summed E-state index contributed by atoms with van der Waals surface area (Å²) < 4.78 is 0. The molecule has 4 amide bonds. The van der Waals surface area contributed by atoms with Crippen LogP contribution in [0.1, 0.15) is 32.8 Å². The number of carbonyl (C=O) groups is 4. The molecule has 0 bridgehead atoms. The van der Waals surface area contributed by atoms with E-state index in [-0.39, 0.29) is 18.2 Å². The number of imide groups is 1. The second-order valence-electron chi connectivity index (χ2n) is 8.42. The molecule has 0 radical (unpaired) electrons.